The number of rotatable bonds is 6. The molecule has 0 amide bonds. The molecule has 7 heteroatoms. The lowest BCUT2D eigenvalue weighted by atomic mass is 9.98. The Hall–Kier alpha value is -2.57. The molecule has 7 nitrogen and oxygen atoms in total. The third-order valence-electron chi connectivity index (χ3n) is 4.38. The highest BCUT2D eigenvalue weighted by Crippen LogP contribution is 2.19. The Kier molecular flexibility index (Phi) is 6.25. The van der Waals surface area contributed by atoms with Crippen LogP contribution in [0.15, 0.2) is 46.3 Å². The maximum Gasteiger partial charge on any atom is 0.225 e. The van der Waals surface area contributed by atoms with Crippen LogP contribution in [0.2, 0.25) is 0 Å². The second-order valence-electron chi connectivity index (χ2n) is 6.21. The number of guanidine groups is 1. The monoisotopic (exact) mass is 342 g/mol. The van der Waals surface area contributed by atoms with E-state index in [1.54, 1.807) is 25.7 Å². The van der Waals surface area contributed by atoms with Crippen molar-refractivity contribution in [3.05, 3.63) is 42.6 Å². The van der Waals surface area contributed by atoms with Crippen molar-refractivity contribution in [2.45, 2.75) is 19.3 Å². The molecule has 0 bridgehead atoms. The van der Waals surface area contributed by atoms with E-state index in [9.17, 15) is 0 Å². The van der Waals surface area contributed by atoms with Crippen LogP contribution in [0.5, 0.6) is 0 Å². The predicted octanol–water partition coefficient (Wildman–Crippen LogP) is 1.69. The van der Waals surface area contributed by atoms with Crippen LogP contribution in [-0.4, -0.2) is 49.2 Å². The van der Waals surface area contributed by atoms with Crippen molar-refractivity contribution in [2.24, 2.45) is 10.9 Å². The molecule has 2 N–H and O–H groups in total. The highest BCUT2D eigenvalue weighted by Gasteiger charge is 2.21. The number of piperidine rings is 1. The van der Waals surface area contributed by atoms with Gasteiger partial charge in [-0.1, -0.05) is 0 Å². The van der Waals surface area contributed by atoms with Crippen molar-refractivity contribution in [1.29, 1.82) is 0 Å². The van der Waals surface area contributed by atoms with E-state index >= 15 is 0 Å². The molecule has 1 atom stereocenters. The summed E-state index contributed by atoms with van der Waals surface area (Å²) in [5, 5.41) is 6.76. The molecule has 0 radical (unpaired) electrons. The van der Waals surface area contributed by atoms with Gasteiger partial charge in [0.2, 0.25) is 5.95 Å². The fourth-order valence-electron chi connectivity index (χ4n) is 3.09. The second-order valence-corrected chi connectivity index (χ2v) is 6.21. The number of furan rings is 1. The predicted molar refractivity (Wildman–Crippen MR) is 98.7 cm³/mol. The highest BCUT2D eigenvalue weighted by atomic mass is 16.3. The summed E-state index contributed by atoms with van der Waals surface area (Å²) in [6.45, 7) is 3.68. The van der Waals surface area contributed by atoms with Crippen molar-refractivity contribution in [2.75, 3.05) is 38.1 Å². The lowest BCUT2D eigenvalue weighted by molar-refractivity contribution is 0.406. The van der Waals surface area contributed by atoms with Crippen molar-refractivity contribution < 1.29 is 4.42 Å². The van der Waals surface area contributed by atoms with Crippen LogP contribution in [0, 0.1) is 5.92 Å². The van der Waals surface area contributed by atoms with Gasteiger partial charge in [0, 0.05) is 52.0 Å². The van der Waals surface area contributed by atoms with Gasteiger partial charge in [-0.3, -0.25) is 4.99 Å². The van der Waals surface area contributed by atoms with Gasteiger partial charge in [-0.15, -0.1) is 0 Å². The average molecular weight is 342 g/mol. The van der Waals surface area contributed by atoms with Crippen molar-refractivity contribution in [3.63, 3.8) is 0 Å². The topological polar surface area (TPSA) is 78.6 Å². The van der Waals surface area contributed by atoms with Crippen molar-refractivity contribution >= 4 is 11.9 Å². The van der Waals surface area contributed by atoms with E-state index in [0.29, 0.717) is 5.92 Å². The molecule has 0 aromatic carbocycles. The quantitative estimate of drug-likeness (QED) is 0.614. The molecule has 0 unspecified atom stereocenters. The molecule has 1 aliphatic heterocycles. The molecule has 3 rings (SSSR count). The van der Waals surface area contributed by atoms with Gasteiger partial charge in [-0.25, -0.2) is 9.97 Å². The zero-order valence-electron chi connectivity index (χ0n) is 14.7. The van der Waals surface area contributed by atoms with E-state index in [4.69, 9.17) is 4.42 Å². The molecular weight excluding hydrogens is 316 g/mol. The molecule has 0 spiro atoms. The smallest absolute Gasteiger partial charge is 0.225 e. The maximum absolute atomic E-state index is 5.34. The maximum atomic E-state index is 5.34. The third kappa shape index (κ3) is 5.20. The second kappa shape index (κ2) is 9.05. The van der Waals surface area contributed by atoms with E-state index in [1.165, 1.54) is 6.42 Å². The summed E-state index contributed by atoms with van der Waals surface area (Å²) in [5.41, 5.74) is 0. The van der Waals surface area contributed by atoms with Crippen LogP contribution >= 0.6 is 0 Å². The van der Waals surface area contributed by atoms with Gasteiger partial charge < -0.3 is 20.0 Å². The molecule has 134 valence electrons. The van der Waals surface area contributed by atoms with E-state index in [0.717, 1.165) is 56.7 Å². The first kappa shape index (κ1) is 17.3. The molecule has 2 aromatic heterocycles. The minimum Gasteiger partial charge on any atom is -0.469 e. The van der Waals surface area contributed by atoms with Crippen LogP contribution in [0.25, 0.3) is 0 Å². The summed E-state index contributed by atoms with van der Waals surface area (Å²) >= 11 is 0. The summed E-state index contributed by atoms with van der Waals surface area (Å²) in [7, 11) is 1.80. The first-order valence-corrected chi connectivity index (χ1v) is 8.84. The van der Waals surface area contributed by atoms with Crippen LogP contribution in [0.1, 0.15) is 18.6 Å². The Morgan fingerprint density at radius 2 is 2.20 bits per heavy atom. The van der Waals surface area contributed by atoms with Gasteiger partial charge in [0.15, 0.2) is 5.96 Å². The Balaban J connectivity index is 1.42. The molecule has 25 heavy (non-hydrogen) atoms. The third-order valence-corrected chi connectivity index (χ3v) is 4.38. The number of nitrogens with zero attached hydrogens (tertiary/aromatic N) is 4. The largest absolute Gasteiger partial charge is 0.469 e. The van der Waals surface area contributed by atoms with Gasteiger partial charge in [0.05, 0.1) is 6.26 Å². The number of hydrogen-bond acceptors (Lipinski definition) is 5. The summed E-state index contributed by atoms with van der Waals surface area (Å²) < 4.78 is 5.34. The first-order valence-electron chi connectivity index (χ1n) is 8.84. The minimum absolute atomic E-state index is 0.557. The van der Waals surface area contributed by atoms with Crippen LogP contribution in [-0.2, 0) is 6.42 Å². The number of aliphatic imine (C=N–C) groups is 1. The molecular formula is C18H26N6O. The molecule has 0 aliphatic carbocycles. The first-order chi connectivity index (χ1) is 12.3. The highest BCUT2D eigenvalue weighted by molar-refractivity contribution is 5.79. The number of hydrogen-bond donors (Lipinski definition) is 2. The molecule has 1 aliphatic rings. The Morgan fingerprint density at radius 1 is 1.32 bits per heavy atom. The van der Waals surface area contributed by atoms with Gasteiger partial charge in [0.1, 0.15) is 5.76 Å². The van der Waals surface area contributed by atoms with Gasteiger partial charge in [-0.05, 0) is 37.0 Å². The summed E-state index contributed by atoms with van der Waals surface area (Å²) in [6.07, 6.45) is 8.52. The summed E-state index contributed by atoms with van der Waals surface area (Å²) in [6, 6.07) is 5.75. The molecule has 3 heterocycles. The van der Waals surface area contributed by atoms with Gasteiger partial charge in [0.25, 0.3) is 0 Å². The number of aromatic nitrogens is 2. The SMILES string of the molecule is CN=C(NCCc1ccco1)NC[C@H]1CCCN(c2ncccn2)C1. The molecule has 1 saturated heterocycles. The summed E-state index contributed by atoms with van der Waals surface area (Å²) in [4.78, 5) is 15.3. The van der Waals surface area contributed by atoms with Crippen LogP contribution in [0.3, 0.4) is 0 Å². The molecule has 1 fully saturated rings. The van der Waals surface area contributed by atoms with Crippen LogP contribution < -0.4 is 15.5 Å². The van der Waals surface area contributed by atoms with Gasteiger partial charge >= 0.3 is 0 Å². The Morgan fingerprint density at radius 3 is 2.96 bits per heavy atom. The molecule has 0 saturated carbocycles. The van der Waals surface area contributed by atoms with Crippen molar-refractivity contribution in [1.82, 2.24) is 20.6 Å². The van der Waals surface area contributed by atoms with Crippen LogP contribution in [0.4, 0.5) is 5.95 Å². The van der Waals surface area contributed by atoms with E-state index < -0.39 is 0 Å². The number of nitrogens with one attached hydrogen (secondary N) is 2. The van der Waals surface area contributed by atoms with Gasteiger partial charge in [-0.2, -0.15) is 0 Å². The number of anilines is 1. The Labute approximate surface area is 148 Å². The minimum atomic E-state index is 0.557. The fourth-order valence-corrected chi connectivity index (χ4v) is 3.09. The van der Waals surface area contributed by atoms with E-state index in [-0.39, 0.29) is 0 Å². The fraction of sp³-hybridized carbons (Fsp3) is 0.500. The van der Waals surface area contributed by atoms with E-state index in [1.807, 2.05) is 18.2 Å². The normalized spacial score (nSPS) is 18.2. The zero-order valence-corrected chi connectivity index (χ0v) is 14.7. The lowest BCUT2D eigenvalue weighted by Gasteiger charge is -2.33. The van der Waals surface area contributed by atoms with Crippen molar-refractivity contribution in [3.8, 4) is 0 Å². The lowest BCUT2D eigenvalue weighted by Crippen LogP contribution is -2.45. The van der Waals surface area contributed by atoms with E-state index in [2.05, 4.69) is 30.5 Å². The Bertz CT molecular complexity index is 643. The average Bonchev–Trinajstić information content (AvgIpc) is 3.19. The molecule has 2 aromatic rings. The summed E-state index contributed by atoms with van der Waals surface area (Å²) in [5.74, 6) is 3.20. The zero-order chi connectivity index (χ0) is 17.3. The standard InChI is InChI=1S/C18H26N6O/c1-19-17(20-10-7-16-6-3-12-25-16)23-13-15-5-2-11-24(14-15)18-21-8-4-9-22-18/h3-4,6,8-9,12,15H,2,5,7,10-11,13-14H2,1H3,(H2,19,20,23)/t15-/m1/s1.